The molecular formula is C17H16O3. The highest BCUT2D eigenvalue weighted by Crippen LogP contribution is 2.35. The first-order chi connectivity index (χ1) is 9.65. The number of aromatic carboxylic acids is 1. The van der Waals surface area contributed by atoms with Crippen LogP contribution in [0.25, 0.3) is 0 Å². The Morgan fingerprint density at radius 3 is 2.85 bits per heavy atom. The summed E-state index contributed by atoms with van der Waals surface area (Å²) < 4.78 is 5.83. The third kappa shape index (κ3) is 2.27. The lowest BCUT2D eigenvalue weighted by Gasteiger charge is -2.30. The quantitative estimate of drug-likeness (QED) is 0.924. The molecule has 102 valence electrons. The summed E-state index contributed by atoms with van der Waals surface area (Å²) in [5, 5.41) is 9.01. The number of fused-ring (bicyclic) bond motifs is 1. The fourth-order valence-electron chi connectivity index (χ4n) is 2.59. The van der Waals surface area contributed by atoms with Gasteiger partial charge in [0.2, 0.25) is 0 Å². The van der Waals surface area contributed by atoms with Gasteiger partial charge in [0.25, 0.3) is 0 Å². The van der Waals surface area contributed by atoms with Crippen LogP contribution in [0.2, 0.25) is 0 Å². The number of rotatable bonds is 4. The third-order valence-corrected chi connectivity index (χ3v) is 3.84. The van der Waals surface area contributed by atoms with E-state index in [1.54, 1.807) is 18.2 Å². The predicted molar refractivity (Wildman–Crippen MR) is 76.5 cm³/mol. The number of hydrogen-bond donors (Lipinski definition) is 1. The monoisotopic (exact) mass is 268 g/mol. The second-order valence-corrected chi connectivity index (χ2v) is 5.20. The van der Waals surface area contributed by atoms with Crippen LogP contribution < -0.4 is 4.74 Å². The highest BCUT2D eigenvalue weighted by molar-refractivity contribution is 5.88. The van der Waals surface area contributed by atoms with Crippen molar-refractivity contribution in [2.75, 3.05) is 6.61 Å². The molecule has 1 aliphatic carbocycles. The maximum absolute atomic E-state index is 11.0. The maximum atomic E-state index is 11.0. The molecule has 0 aliphatic heterocycles. The average molecular weight is 268 g/mol. The van der Waals surface area contributed by atoms with Gasteiger partial charge in [0.1, 0.15) is 5.75 Å². The van der Waals surface area contributed by atoms with Gasteiger partial charge in [0, 0.05) is 5.92 Å². The molecule has 1 atom stereocenters. The molecule has 0 heterocycles. The topological polar surface area (TPSA) is 46.5 Å². The zero-order chi connectivity index (χ0) is 14.1. The molecule has 3 nitrogen and oxygen atoms in total. The number of carboxylic acids is 1. The van der Waals surface area contributed by atoms with Crippen molar-refractivity contribution in [3.05, 3.63) is 64.7 Å². The summed E-state index contributed by atoms with van der Waals surface area (Å²) in [6, 6.07) is 13.4. The molecule has 0 aromatic heterocycles. The van der Waals surface area contributed by atoms with Crippen molar-refractivity contribution >= 4 is 5.97 Å². The summed E-state index contributed by atoms with van der Waals surface area (Å²) >= 11 is 0. The van der Waals surface area contributed by atoms with E-state index in [1.807, 2.05) is 13.0 Å². The molecule has 2 aromatic rings. The van der Waals surface area contributed by atoms with E-state index in [0.717, 1.165) is 12.0 Å². The average Bonchev–Trinajstić information content (AvgIpc) is 2.41. The van der Waals surface area contributed by atoms with Gasteiger partial charge >= 0.3 is 5.97 Å². The van der Waals surface area contributed by atoms with Crippen molar-refractivity contribution < 1.29 is 14.6 Å². The lowest BCUT2D eigenvalue weighted by atomic mass is 9.78. The van der Waals surface area contributed by atoms with E-state index in [2.05, 4.69) is 18.2 Å². The van der Waals surface area contributed by atoms with Gasteiger partial charge in [-0.1, -0.05) is 30.3 Å². The Bertz CT molecular complexity index is 661. The number of benzene rings is 2. The Kier molecular flexibility index (Phi) is 3.18. The van der Waals surface area contributed by atoms with E-state index in [1.165, 1.54) is 11.1 Å². The standard InChI is InChI=1S/C17H16O3/c1-11-6-7-13(17(18)19)9-16(11)20-10-14-8-12-4-2-3-5-15(12)14/h2-7,9,14H,8,10H2,1H3,(H,18,19). The molecule has 1 N–H and O–H groups in total. The minimum Gasteiger partial charge on any atom is -0.493 e. The molecule has 0 radical (unpaired) electrons. The molecule has 0 saturated carbocycles. The van der Waals surface area contributed by atoms with Crippen LogP contribution in [0.3, 0.4) is 0 Å². The van der Waals surface area contributed by atoms with Crippen LogP contribution in [0.5, 0.6) is 5.75 Å². The van der Waals surface area contributed by atoms with Crippen LogP contribution in [-0.2, 0) is 6.42 Å². The summed E-state index contributed by atoms with van der Waals surface area (Å²) in [6.45, 7) is 2.52. The molecule has 20 heavy (non-hydrogen) atoms. The third-order valence-electron chi connectivity index (χ3n) is 3.84. The highest BCUT2D eigenvalue weighted by atomic mass is 16.5. The fourth-order valence-corrected chi connectivity index (χ4v) is 2.59. The number of hydrogen-bond acceptors (Lipinski definition) is 2. The van der Waals surface area contributed by atoms with Crippen molar-refractivity contribution in [2.24, 2.45) is 0 Å². The first-order valence-electron chi connectivity index (χ1n) is 6.69. The minimum absolute atomic E-state index is 0.264. The van der Waals surface area contributed by atoms with Crippen molar-refractivity contribution in [3.8, 4) is 5.75 Å². The predicted octanol–water partition coefficient (Wildman–Crippen LogP) is 3.41. The van der Waals surface area contributed by atoms with Gasteiger partial charge < -0.3 is 9.84 Å². The Balaban J connectivity index is 1.71. The van der Waals surface area contributed by atoms with Gasteiger partial charge in [0.15, 0.2) is 0 Å². The lowest BCUT2D eigenvalue weighted by molar-refractivity contribution is 0.0696. The minimum atomic E-state index is -0.927. The molecule has 2 aromatic carbocycles. The number of aryl methyl sites for hydroxylation is 1. The van der Waals surface area contributed by atoms with Crippen LogP contribution >= 0.6 is 0 Å². The van der Waals surface area contributed by atoms with Crippen LogP contribution in [0, 0.1) is 6.92 Å². The first kappa shape index (κ1) is 12.7. The fraction of sp³-hybridized carbons (Fsp3) is 0.235. The molecule has 0 bridgehead atoms. The first-order valence-corrected chi connectivity index (χ1v) is 6.69. The maximum Gasteiger partial charge on any atom is 0.335 e. The molecule has 0 spiro atoms. The van der Waals surface area contributed by atoms with Gasteiger partial charge in [-0.05, 0) is 42.2 Å². The second-order valence-electron chi connectivity index (χ2n) is 5.20. The van der Waals surface area contributed by atoms with Gasteiger partial charge in [-0.15, -0.1) is 0 Å². The van der Waals surface area contributed by atoms with E-state index >= 15 is 0 Å². The molecule has 3 rings (SSSR count). The molecule has 0 saturated heterocycles. The van der Waals surface area contributed by atoms with Gasteiger partial charge in [0.05, 0.1) is 12.2 Å². The molecule has 1 aliphatic rings. The van der Waals surface area contributed by atoms with E-state index in [4.69, 9.17) is 9.84 Å². The second kappa shape index (κ2) is 5.00. The summed E-state index contributed by atoms with van der Waals surface area (Å²) in [5.74, 6) is 0.150. The Hall–Kier alpha value is -2.29. The highest BCUT2D eigenvalue weighted by Gasteiger charge is 2.26. The summed E-state index contributed by atoms with van der Waals surface area (Å²) in [7, 11) is 0. The summed E-state index contributed by atoms with van der Waals surface area (Å²) in [4.78, 5) is 11.0. The van der Waals surface area contributed by atoms with Crippen LogP contribution in [0.1, 0.15) is 33.0 Å². The Labute approximate surface area is 117 Å². The van der Waals surface area contributed by atoms with Crippen LogP contribution in [-0.4, -0.2) is 17.7 Å². The Morgan fingerprint density at radius 2 is 2.10 bits per heavy atom. The van der Waals surface area contributed by atoms with E-state index < -0.39 is 5.97 Å². The SMILES string of the molecule is Cc1ccc(C(=O)O)cc1OCC1Cc2ccccc21. The normalized spacial score (nSPS) is 16.1. The van der Waals surface area contributed by atoms with Gasteiger partial charge in [-0.3, -0.25) is 0 Å². The van der Waals surface area contributed by atoms with Gasteiger partial charge in [-0.25, -0.2) is 4.79 Å². The zero-order valence-corrected chi connectivity index (χ0v) is 11.3. The molecule has 0 fully saturated rings. The van der Waals surface area contributed by atoms with Crippen molar-refractivity contribution in [3.63, 3.8) is 0 Å². The molecular weight excluding hydrogens is 252 g/mol. The van der Waals surface area contributed by atoms with Gasteiger partial charge in [-0.2, -0.15) is 0 Å². The summed E-state index contributed by atoms with van der Waals surface area (Å²) in [5.41, 5.74) is 3.96. The van der Waals surface area contributed by atoms with Crippen LogP contribution in [0.4, 0.5) is 0 Å². The smallest absolute Gasteiger partial charge is 0.335 e. The summed E-state index contributed by atoms with van der Waals surface area (Å²) in [6.07, 6.45) is 1.04. The zero-order valence-electron chi connectivity index (χ0n) is 11.3. The van der Waals surface area contributed by atoms with E-state index in [9.17, 15) is 4.79 Å². The van der Waals surface area contributed by atoms with Crippen LogP contribution in [0.15, 0.2) is 42.5 Å². The largest absolute Gasteiger partial charge is 0.493 e. The molecule has 0 amide bonds. The Morgan fingerprint density at radius 1 is 1.30 bits per heavy atom. The van der Waals surface area contributed by atoms with Crippen molar-refractivity contribution in [1.82, 2.24) is 0 Å². The van der Waals surface area contributed by atoms with E-state index in [-0.39, 0.29) is 5.56 Å². The van der Waals surface area contributed by atoms with Crippen molar-refractivity contribution in [2.45, 2.75) is 19.3 Å². The number of carbonyl (C=O) groups is 1. The molecule has 3 heteroatoms. The van der Waals surface area contributed by atoms with Crippen molar-refractivity contribution in [1.29, 1.82) is 0 Å². The lowest BCUT2D eigenvalue weighted by Crippen LogP contribution is -2.23. The van der Waals surface area contributed by atoms with E-state index in [0.29, 0.717) is 18.3 Å². The number of carboxylic acid groups (broad SMARTS) is 1. The molecule has 1 unspecified atom stereocenters. The number of ether oxygens (including phenoxy) is 1.